The summed E-state index contributed by atoms with van der Waals surface area (Å²) in [6.45, 7) is 29.9. The first-order chi connectivity index (χ1) is 18.6. The second-order valence-electron chi connectivity index (χ2n) is 11.9. The van der Waals surface area contributed by atoms with E-state index in [0.29, 0.717) is 17.8 Å². The molecule has 1 saturated carbocycles. The molecule has 0 amide bonds. The first-order valence-corrected chi connectivity index (χ1v) is 16.7. The summed E-state index contributed by atoms with van der Waals surface area (Å²) in [5, 5.41) is 0. The summed E-state index contributed by atoms with van der Waals surface area (Å²) >= 11 is 0. The zero-order valence-corrected chi connectivity index (χ0v) is 28.2. The van der Waals surface area contributed by atoms with Crippen LogP contribution in [0.4, 0.5) is 4.39 Å². The molecule has 1 aliphatic rings. The number of rotatable bonds is 13. The highest BCUT2D eigenvalue weighted by atomic mass is 19.1. The molecule has 39 heavy (non-hydrogen) atoms. The van der Waals surface area contributed by atoms with Gasteiger partial charge in [0.05, 0.1) is 0 Å². The summed E-state index contributed by atoms with van der Waals surface area (Å²) in [5.74, 6) is 3.71. The topological polar surface area (TPSA) is 0 Å². The fraction of sp³-hybridized carbons (Fsp3) is 0.737. The number of allylic oxidation sites excluding steroid dienone is 2. The predicted octanol–water partition coefficient (Wildman–Crippen LogP) is 13.6. The third-order valence-corrected chi connectivity index (χ3v) is 8.11. The number of hydrogen-bond donors (Lipinski definition) is 0. The van der Waals surface area contributed by atoms with Crippen LogP contribution in [0.3, 0.4) is 0 Å². The molecule has 0 N–H and O–H groups in total. The van der Waals surface area contributed by atoms with E-state index in [1.807, 2.05) is 26.8 Å². The molecule has 1 fully saturated rings. The number of aryl methyl sites for hydroxylation is 1. The second-order valence-corrected chi connectivity index (χ2v) is 11.9. The number of halogens is 1. The standard InChI is InChI=1S/C17H34.C14H19F.C5H10.C2H6/c1-7-10-14(4)16(6)15(5)13-17(11-8-2)12-9-3;1-10-3-5-12(6-4-10)13-7-11(2)8-14(15)9-13;1-3-5-4-2;1-2/h14-15,17H,6-13H2,1-5H3;7-10,12H,3-6H2,1-2H3;3H,1,4-5H2,2H3;1-2H3. The van der Waals surface area contributed by atoms with E-state index in [4.69, 9.17) is 0 Å². The summed E-state index contributed by atoms with van der Waals surface area (Å²) in [7, 11) is 0. The molecule has 0 aromatic heterocycles. The molecule has 0 radical (unpaired) electrons. The summed E-state index contributed by atoms with van der Waals surface area (Å²) in [5.41, 5.74) is 3.74. The number of hydrogen-bond acceptors (Lipinski definition) is 0. The lowest BCUT2D eigenvalue weighted by molar-refractivity contribution is 0.347. The Bertz CT molecular complexity index is 683. The molecule has 0 bridgehead atoms. The Morgan fingerprint density at radius 3 is 1.82 bits per heavy atom. The van der Waals surface area contributed by atoms with E-state index in [0.717, 1.165) is 23.8 Å². The van der Waals surface area contributed by atoms with Crippen molar-refractivity contribution in [2.45, 2.75) is 159 Å². The van der Waals surface area contributed by atoms with Gasteiger partial charge in [-0.3, -0.25) is 0 Å². The van der Waals surface area contributed by atoms with Crippen LogP contribution >= 0.6 is 0 Å². The van der Waals surface area contributed by atoms with Gasteiger partial charge in [-0.1, -0.05) is 138 Å². The Hall–Kier alpha value is -1.37. The molecule has 0 heterocycles. The van der Waals surface area contributed by atoms with Crippen molar-refractivity contribution in [1.82, 2.24) is 0 Å². The molecule has 0 nitrogen and oxygen atoms in total. The summed E-state index contributed by atoms with van der Waals surface area (Å²) in [6, 6.07) is 5.46. The third-order valence-electron chi connectivity index (χ3n) is 8.11. The molecule has 1 aromatic rings. The molecule has 2 unspecified atom stereocenters. The van der Waals surface area contributed by atoms with Gasteiger partial charge in [0.1, 0.15) is 5.82 Å². The SMILES string of the molecule is C=C(C(C)CCC)C(C)CC(CCC)CCC.C=CCCC.CC.Cc1cc(F)cc(C2CCC(C)CC2)c1. The van der Waals surface area contributed by atoms with E-state index < -0.39 is 0 Å². The van der Waals surface area contributed by atoms with Crippen LogP contribution < -0.4 is 0 Å². The van der Waals surface area contributed by atoms with Crippen LogP contribution in [0.15, 0.2) is 43.0 Å². The lowest BCUT2D eigenvalue weighted by Gasteiger charge is -2.26. The van der Waals surface area contributed by atoms with Gasteiger partial charge >= 0.3 is 0 Å². The molecule has 1 aromatic carbocycles. The van der Waals surface area contributed by atoms with Crippen LogP contribution in [0.2, 0.25) is 0 Å². The Balaban J connectivity index is 0. The molecule has 228 valence electrons. The van der Waals surface area contributed by atoms with Gasteiger partial charge < -0.3 is 0 Å². The molecular formula is C38H69F. The average molecular weight is 545 g/mol. The van der Waals surface area contributed by atoms with E-state index in [9.17, 15) is 4.39 Å². The Labute approximate surface area is 246 Å². The van der Waals surface area contributed by atoms with Crippen molar-refractivity contribution in [3.63, 3.8) is 0 Å². The van der Waals surface area contributed by atoms with Gasteiger partial charge in [-0.15, -0.1) is 6.58 Å². The Morgan fingerprint density at radius 1 is 0.872 bits per heavy atom. The molecule has 1 aliphatic carbocycles. The highest BCUT2D eigenvalue weighted by Crippen LogP contribution is 2.36. The van der Waals surface area contributed by atoms with Crippen molar-refractivity contribution >= 4 is 0 Å². The second kappa shape index (κ2) is 25.6. The summed E-state index contributed by atoms with van der Waals surface area (Å²) in [4.78, 5) is 0. The van der Waals surface area contributed by atoms with Crippen LogP contribution in [0, 0.1) is 36.4 Å². The van der Waals surface area contributed by atoms with Crippen molar-refractivity contribution in [2.75, 3.05) is 0 Å². The molecular weight excluding hydrogens is 475 g/mol. The van der Waals surface area contributed by atoms with Gasteiger partial charge in [0.25, 0.3) is 0 Å². The monoisotopic (exact) mass is 545 g/mol. The number of unbranched alkanes of at least 4 members (excludes halogenated alkanes) is 1. The zero-order chi connectivity index (χ0) is 30.2. The van der Waals surface area contributed by atoms with Gasteiger partial charge in [0, 0.05) is 0 Å². The van der Waals surface area contributed by atoms with E-state index in [1.165, 1.54) is 88.2 Å². The Kier molecular flexibility index (Phi) is 26.1. The smallest absolute Gasteiger partial charge is 0.123 e. The van der Waals surface area contributed by atoms with Gasteiger partial charge in [-0.2, -0.15) is 0 Å². The van der Waals surface area contributed by atoms with Crippen LogP contribution in [-0.2, 0) is 0 Å². The maximum atomic E-state index is 13.3. The third kappa shape index (κ3) is 19.4. The normalized spacial score (nSPS) is 17.8. The van der Waals surface area contributed by atoms with Crippen molar-refractivity contribution in [2.24, 2.45) is 23.7 Å². The minimum atomic E-state index is -0.0800. The molecule has 0 saturated heterocycles. The molecule has 1 heteroatoms. The van der Waals surface area contributed by atoms with Gasteiger partial charge in [0.15, 0.2) is 0 Å². The quantitative estimate of drug-likeness (QED) is 0.217. The first-order valence-electron chi connectivity index (χ1n) is 16.7. The van der Waals surface area contributed by atoms with E-state index >= 15 is 0 Å². The van der Waals surface area contributed by atoms with E-state index in [1.54, 1.807) is 12.1 Å². The first kappa shape index (κ1) is 39.8. The molecule has 0 aliphatic heterocycles. The van der Waals surface area contributed by atoms with Crippen molar-refractivity contribution in [3.8, 4) is 0 Å². The molecule has 2 atom stereocenters. The highest BCUT2D eigenvalue weighted by molar-refractivity contribution is 5.27. The van der Waals surface area contributed by atoms with E-state index in [-0.39, 0.29) is 5.82 Å². The number of benzene rings is 1. The van der Waals surface area contributed by atoms with Crippen LogP contribution in [0.5, 0.6) is 0 Å². The minimum Gasteiger partial charge on any atom is -0.207 e. The minimum absolute atomic E-state index is 0.0800. The van der Waals surface area contributed by atoms with Crippen LogP contribution in [0.1, 0.15) is 163 Å². The van der Waals surface area contributed by atoms with Gasteiger partial charge in [-0.05, 0) is 91.9 Å². The van der Waals surface area contributed by atoms with Gasteiger partial charge in [0.2, 0.25) is 0 Å². The van der Waals surface area contributed by atoms with Crippen LogP contribution in [-0.4, -0.2) is 0 Å². The van der Waals surface area contributed by atoms with Crippen molar-refractivity contribution in [1.29, 1.82) is 0 Å². The van der Waals surface area contributed by atoms with Gasteiger partial charge in [-0.25, -0.2) is 4.39 Å². The van der Waals surface area contributed by atoms with Crippen molar-refractivity contribution in [3.05, 3.63) is 60.0 Å². The maximum absolute atomic E-state index is 13.3. The fourth-order valence-electron chi connectivity index (χ4n) is 5.75. The molecule has 0 spiro atoms. The van der Waals surface area contributed by atoms with Crippen molar-refractivity contribution < 1.29 is 4.39 Å². The molecule has 2 rings (SSSR count). The average Bonchev–Trinajstić information content (AvgIpc) is 2.91. The fourth-order valence-corrected chi connectivity index (χ4v) is 5.75. The Morgan fingerprint density at radius 2 is 1.41 bits per heavy atom. The lowest BCUT2D eigenvalue weighted by Crippen LogP contribution is -2.12. The van der Waals surface area contributed by atoms with Crippen LogP contribution in [0.25, 0.3) is 0 Å². The highest BCUT2D eigenvalue weighted by Gasteiger charge is 2.20. The maximum Gasteiger partial charge on any atom is 0.123 e. The predicted molar refractivity (Wildman–Crippen MR) is 178 cm³/mol. The van der Waals surface area contributed by atoms with E-state index in [2.05, 4.69) is 67.7 Å². The summed E-state index contributed by atoms with van der Waals surface area (Å²) in [6.07, 6.45) is 18.7. The lowest BCUT2D eigenvalue weighted by atomic mass is 9.79. The summed E-state index contributed by atoms with van der Waals surface area (Å²) < 4.78 is 13.3. The largest absolute Gasteiger partial charge is 0.207 e. The zero-order valence-electron chi connectivity index (χ0n) is 28.2.